The number of benzene rings is 2. The van der Waals surface area contributed by atoms with Crippen molar-refractivity contribution in [1.82, 2.24) is 5.32 Å². The Bertz CT molecular complexity index is 1180. The first-order chi connectivity index (χ1) is 15.9. The summed E-state index contributed by atoms with van der Waals surface area (Å²) in [5.74, 6) is 0.448. The molecule has 0 spiro atoms. The minimum atomic E-state index is -0.450. The van der Waals surface area contributed by atoms with Crippen molar-refractivity contribution >= 4 is 11.8 Å². The Hall–Kier alpha value is -3.54. The molecule has 2 aromatic carbocycles. The standard InChI is InChI=1S/C27H29NO5/c1-15-8-6-7-9-19(15)25-24(27(30)33-5)16(2)28-20-12-18(13-21(29)26(20)25)17-10-11-22(31-3)23(14-17)32-4/h6-11,14,18,25,28H,12-13H2,1-5H3/t18-,25+/m1/s1. The van der Waals surface area contributed by atoms with Crippen molar-refractivity contribution in [1.29, 1.82) is 0 Å². The summed E-state index contributed by atoms with van der Waals surface area (Å²) in [4.78, 5) is 26.4. The number of methoxy groups -OCH3 is 3. The average molecular weight is 448 g/mol. The normalized spacial score (nSPS) is 20.2. The fourth-order valence-electron chi connectivity index (χ4n) is 4.98. The van der Waals surface area contributed by atoms with Gasteiger partial charge in [0.05, 0.1) is 26.9 Å². The van der Waals surface area contributed by atoms with Gasteiger partial charge < -0.3 is 19.5 Å². The van der Waals surface area contributed by atoms with Crippen LogP contribution in [-0.2, 0) is 14.3 Å². The van der Waals surface area contributed by atoms with E-state index in [0.717, 1.165) is 28.1 Å². The predicted octanol–water partition coefficient (Wildman–Crippen LogP) is 4.55. The number of aryl methyl sites for hydroxylation is 1. The number of ketones is 1. The van der Waals surface area contributed by atoms with E-state index in [0.29, 0.717) is 35.5 Å². The number of dihydropyridines is 1. The molecule has 0 saturated carbocycles. The number of carbonyl (C=O) groups excluding carboxylic acids is 2. The molecule has 2 atom stereocenters. The van der Waals surface area contributed by atoms with Gasteiger partial charge in [-0.3, -0.25) is 4.79 Å². The van der Waals surface area contributed by atoms with Crippen LogP contribution < -0.4 is 14.8 Å². The van der Waals surface area contributed by atoms with Crippen LogP contribution in [0.1, 0.15) is 48.3 Å². The molecule has 2 aliphatic rings. The van der Waals surface area contributed by atoms with Crippen molar-refractivity contribution in [2.45, 2.75) is 38.5 Å². The first-order valence-corrected chi connectivity index (χ1v) is 11.0. The fourth-order valence-corrected chi connectivity index (χ4v) is 4.98. The van der Waals surface area contributed by atoms with Crippen LogP contribution >= 0.6 is 0 Å². The van der Waals surface area contributed by atoms with Gasteiger partial charge in [0, 0.05) is 29.3 Å². The number of Topliss-reactive ketones (excluding diaryl/α,β-unsaturated/α-hetero) is 1. The Morgan fingerprint density at radius 2 is 1.70 bits per heavy atom. The number of rotatable bonds is 5. The van der Waals surface area contributed by atoms with Gasteiger partial charge in [-0.05, 0) is 55.0 Å². The third-order valence-electron chi connectivity index (χ3n) is 6.61. The molecule has 1 aliphatic carbocycles. The lowest BCUT2D eigenvalue weighted by Gasteiger charge is -2.37. The molecule has 1 aliphatic heterocycles. The molecule has 172 valence electrons. The molecule has 0 unspecified atom stereocenters. The molecule has 6 heteroatoms. The van der Waals surface area contributed by atoms with Crippen LogP contribution in [0.3, 0.4) is 0 Å². The second-order valence-corrected chi connectivity index (χ2v) is 8.48. The van der Waals surface area contributed by atoms with Gasteiger partial charge in [0.15, 0.2) is 17.3 Å². The van der Waals surface area contributed by atoms with Gasteiger partial charge in [-0.1, -0.05) is 30.3 Å². The lowest BCUT2D eigenvalue weighted by atomic mass is 9.71. The molecule has 0 bridgehead atoms. The van der Waals surface area contributed by atoms with Crippen LogP contribution in [0.5, 0.6) is 11.5 Å². The summed E-state index contributed by atoms with van der Waals surface area (Å²) in [7, 11) is 4.58. The quantitative estimate of drug-likeness (QED) is 0.678. The number of hydrogen-bond acceptors (Lipinski definition) is 6. The van der Waals surface area contributed by atoms with E-state index in [9.17, 15) is 9.59 Å². The number of esters is 1. The van der Waals surface area contributed by atoms with Crippen molar-refractivity contribution < 1.29 is 23.8 Å². The van der Waals surface area contributed by atoms with Crippen LogP contribution in [0, 0.1) is 6.92 Å². The van der Waals surface area contributed by atoms with E-state index in [1.54, 1.807) is 14.2 Å². The number of ether oxygens (including phenoxy) is 3. The zero-order valence-electron chi connectivity index (χ0n) is 19.7. The van der Waals surface area contributed by atoms with Gasteiger partial charge in [0.1, 0.15) is 0 Å². The first kappa shape index (κ1) is 22.6. The van der Waals surface area contributed by atoms with Crippen LogP contribution in [-0.4, -0.2) is 33.1 Å². The van der Waals surface area contributed by atoms with Crippen molar-refractivity contribution in [2.75, 3.05) is 21.3 Å². The molecule has 0 amide bonds. The zero-order valence-corrected chi connectivity index (χ0v) is 19.7. The summed E-state index contributed by atoms with van der Waals surface area (Å²) < 4.78 is 15.9. The second-order valence-electron chi connectivity index (χ2n) is 8.48. The molecule has 6 nitrogen and oxygen atoms in total. The van der Waals surface area contributed by atoms with Crippen molar-refractivity contribution in [3.05, 3.63) is 81.7 Å². The molecule has 4 rings (SSSR count). The highest BCUT2D eigenvalue weighted by Crippen LogP contribution is 2.47. The van der Waals surface area contributed by atoms with E-state index in [1.165, 1.54) is 7.11 Å². The van der Waals surface area contributed by atoms with Crippen LogP contribution in [0.15, 0.2) is 65.0 Å². The first-order valence-electron chi connectivity index (χ1n) is 11.0. The maximum absolute atomic E-state index is 13.6. The second kappa shape index (κ2) is 9.14. The van der Waals surface area contributed by atoms with Crippen molar-refractivity contribution in [3.63, 3.8) is 0 Å². The van der Waals surface area contributed by atoms with Crippen LogP contribution in [0.25, 0.3) is 0 Å². The van der Waals surface area contributed by atoms with E-state index in [-0.39, 0.29) is 11.7 Å². The Kier molecular flexibility index (Phi) is 6.27. The molecule has 0 fully saturated rings. The minimum absolute atomic E-state index is 0.00597. The van der Waals surface area contributed by atoms with Crippen LogP contribution in [0.2, 0.25) is 0 Å². The highest BCUT2D eigenvalue weighted by molar-refractivity contribution is 6.04. The summed E-state index contributed by atoms with van der Waals surface area (Å²) in [6.07, 6.45) is 1.01. The number of allylic oxidation sites excluding steroid dienone is 3. The predicted molar refractivity (Wildman–Crippen MR) is 125 cm³/mol. The lowest BCUT2D eigenvalue weighted by Crippen LogP contribution is -2.36. The summed E-state index contributed by atoms with van der Waals surface area (Å²) in [5, 5.41) is 3.37. The Morgan fingerprint density at radius 3 is 2.36 bits per heavy atom. The highest BCUT2D eigenvalue weighted by Gasteiger charge is 2.41. The Balaban J connectivity index is 1.79. The molecule has 0 radical (unpaired) electrons. The van der Waals surface area contributed by atoms with E-state index in [1.807, 2.05) is 56.3 Å². The molecular formula is C27H29NO5. The zero-order chi connectivity index (χ0) is 23.7. The van der Waals surface area contributed by atoms with E-state index < -0.39 is 11.9 Å². The monoisotopic (exact) mass is 447 g/mol. The van der Waals surface area contributed by atoms with E-state index in [2.05, 4.69) is 5.32 Å². The maximum Gasteiger partial charge on any atom is 0.336 e. The van der Waals surface area contributed by atoms with E-state index in [4.69, 9.17) is 14.2 Å². The van der Waals surface area contributed by atoms with E-state index >= 15 is 0 Å². The minimum Gasteiger partial charge on any atom is -0.493 e. The van der Waals surface area contributed by atoms with Crippen molar-refractivity contribution in [2.24, 2.45) is 0 Å². The van der Waals surface area contributed by atoms with Gasteiger partial charge in [0.25, 0.3) is 0 Å². The van der Waals surface area contributed by atoms with Gasteiger partial charge in [-0.2, -0.15) is 0 Å². The summed E-state index contributed by atoms with van der Waals surface area (Å²) in [6, 6.07) is 13.7. The molecular weight excluding hydrogens is 418 g/mol. The molecule has 1 N–H and O–H groups in total. The smallest absolute Gasteiger partial charge is 0.336 e. The number of nitrogens with one attached hydrogen (secondary N) is 1. The summed E-state index contributed by atoms with van der Waals surface area (Å²) in [6.45, 7) is 3.87. The van der Waals surface area contributed by atoms with Gasteiger partial charge in [-0.15, -0.1) is 0 Å². The molecule has 2 aromatic rings. The maximum atomic E-state index is 13.6. The molecule has 0 aromatic heterocycles. The third-order valence-corrected chi connectivity index (χ3v) is 6.61. The average Bonchev–Trinajstić information content (AvgIpc) is 2.82. The summed E-state index contributed by atoms with van der Waals surface area (Å²) in [5.41, 5.74) is 5.72. The largest absolute Gasteiger partial charge is 0.493 e. The molecule has 1 heterocycles. The van der Waals surface area contributed by atoms with Crippen LogP contribution in [0.4, 0.5) is 0 Å². The third kappa shape index (κ3) is 4.01. The highest BCUT2D eigenvalue weighted by atomic mass is 16.5. The summed E-state index contributed by atoms with van der Waals surface area (Å²) >= 11 is 0. The topological polar surface area (TPSA) is 73.9 Å². The fraction of sp³-hybridized carbons (Fsp3) is 0.333. The van der Waals surface area contributed by atoms with Gasteiger partial charge in [-0.25, -0.2) is 4.79 Å². The lowest BCUT2D eigenvalue weighted by molar-refractivity contribution is -0.136. The van der Waals surface area contributed by atoms with Crippen molar-refractivity contribution in [3.8, 4) is 11.5 Å². The molecule has 0 saturated heterocycles. The SMILES string of the molecule is COC(=O)C1=C(C)NC2=C(C(=O)C[C@H](c3ccc(OC)c(OC)c3)C2)[C@H]1c1ccccc1C. The Morgan fingerprint density at radius 1 is 0.970 bits per heavy atom. The Labute approximate surface area is 194 Å². The number of carbonyl (C=O) groups is 2. The number of hydrogen-bond donors (Lipinski definition) is 1. The van der Waals surface area contributed by atoms with Gasteiger partial charge in [0.2, 0.25) is 0 Å². The molecule has 33 heavy (non-hydrogen) atoms. The van der Waals surface area contributed by atoms with Gasteiger partial charge >= 0.3 is 5.97 Å².